The third kappa shape index (κ3) is 4.56. The van der Waals surface area contributed by atoms with Gasteiger partial charge in [-0.2, -0.15) is 0 Å². The third-order valence-electron chi connectivity index (χ3n) is 5.29. The van der Waals surface area contributed by atoms with E-state index in [1.54, 1.807) is 26.0 Å². The second-order valence-corrected chi connectivity index (χ2v) is 9.87. The molecule has 1 aliphatic rings. The van der Waals surface area contributed by atoms with Crippen molar-refractivity contribution in [3.8, 4) is 0 Å². The van der Waals surface area contributed by atoms with Crippen LogP contribution in [0.25, 0.3) is 0 Å². The van der Waals surface area contributed by atoms with Crippen LogP contribution < -0.4 is 10.0 Å². The molecule has 1 atom stereocenters. The van der Waals surface area contributed by atoms with Gasteiger partial charge in [0, 0.05) is 5.69 Å². The number of hydrogen-bond donors (Lipinski definition) is 2. The van der Waals surface area contributed by atoms with Gasteiger partial charge in [0.15, 0.2) is 0 Å². The molecule has 6 nitrogen and oxygen atoms in total. The molecule has 3 rings (SSSR count). The molecule has 29 heavy (non-hydrogen) atoms. The molecule has 1 heterocycles. The molecule has 0 radical (unpaired) electrons. The molecule has 0 saturated carbocycles. The van der Waals surface area contributed by atoms with Gasteiger partial charge >= 0.3 is 5.97 Å². The van der Waals surface area contributed by atoms with E-state index in [0.29, 0.717) is 17.9 Å². The lowest BCUT2D eigenvalue weighted by atomic mass is 9.73. The average molecular weight is 417 g/mol. The summed E-state index contributed by atoms with van der Waals surface area (Å²) in [4.78, 5) is 12.1. The number of nitrogens with one attached hydrogen (secondary N) is 2. The number of rotatable bonds is 6. The highest BCUT2D eigenvalue weighted by Gasteiger charge is 2.35. The average Bonchev–Trinajstić information content (AvgIpc) is 2.67. The highest BCUT2D eigenvalue weighted by Crippen LogP contribution is 2.45. The molecule has 0 amide bonds. The first kappa shape index (κ1) is 21.2. The Morgan fingerprint density at radius 3 is 2.62 bits per heavy atom. The maximum atomic E-state index is 12.1. The van der Waals surface area contributed by atoms with Crippen molar-refractivity contribution in [1.82, 2.24) is 0 Å². The normalized spacial score (nSPS) is 17.7. The number of para-hydroxylation sites is 1. The Balaban J connectivity index is 1.97. The van der Waals surface area contributed by atoms with E-state index in [-0.39, 0.29) is 23.2 Å². The Morgan fingerprint density at radius 2 is 1.93 bits per heavy atom. The molecular weight excluding hydrogens is 388 g/mol. The maximum absolute atomic E-state index is 12.1. The predicted molar refractivity (Wildman–Crippen MR) is 116 cm³/mol. The molecule has 2 aromatic rings. The molecular formula is C22H28N2O4S. The van der Waals surface area contributed by atoms with Crippen LogP contribution in [0.15, 0.2) is 42.5 Å². The number of sulfonamides is 1. The Morgan fingerprint density at radius 1 is 1.21 bits per heavy atom. The van der Waals surface area contributed by atoms with Gasteiger partial charge in [-0.05, 0) is 61.1 Å². The van der Waals surface area contributed by atoms with E-state index in [9.17, 15) is 13.2 Å². The molecule has 156 valence electrons. The van der Waals surface area contributed by atoms with Crippen molar-refractivity contribution >= 4 is 27.4 Å². The number of carbonyl (C=O) groups is 1. The molecule has 0 fully saturated rings. The lowest BCUT2D eigenvalue weighted by Crippen LogP contribution is -2.32. The first-order valence-corrected chi connectivity index (χ1v) is 11.5. The van der Waals surface area contributed by atoms with Gasteiger partial charge in [-0.15, -0.1) is 0 Å². The molecule has 0 bridgehead atoms. The third-order valence-corrected chi connectivity index (χ3v) is 6.58. The van der Waals surface area contributed by atoms with Crippen LogP contribution in [0.4, 0.5) is 11.4 Å². The molecule has 1 aliphatic heterocycles. The number of anilines is 2. The van der Waals surface area contributed by atoms with E-state index in [0.717, 1.165) is 23.2 Å². The molecule has 0 spiro atoms. The van der Waals surface area contributed by atoms with E-state index < -0.39 is 10.0 Å². The largest absolute Gasteiger partial charge is 0.462 e. The summed E-state index contributed by atoms with van der Waals surface area (Å²) in [6, 6.07) is 12.9. The number of benzene rings is 2. The fourth-order valence-corrected chi connectivity index (χ4v) is 4.42. The van der Waals surface area contributed by atoms with Crippen molar-refractivity contribution in [2.24, 2.45) is 0 Å². The summed E-state index contributed by atoms with van der Waals surface area (Å²) in [7, 11) is -3.37. The second kappa shape index (κ2) is 8.06. The quantitative estimate of drug-likeness (QED) is 0.679. The van der Waals surface area contributed by atoms with Crippen LogP contribution in [0.3, 0.4) is 0 Å². The Bertz CT molecular complexity index is 1020. The molecule has 2 N–H and O–H groups in total. The summed E-state index contributed by atoms with van der Waals surface area (Å²) in [5.74, 6) is -0.308. The Kier molecular flexibility index (Phi) is 5.89. The smallest absolute Gasteiger partial charge is 0.338 e. The minimum atomic E-state index is -3.37. The zero-order valence-corrected chi connectivity index (χ0v) is 18.1. The fourth-order valence-electron chi connectivity index (χ4n) is 3.75. The van der Waals surface area contributed by atoms with Crippen LogP contribution >= 0.6 is 0 Å². The molecule has 0 saturated heterocycles. The Labute approximate surface area is 172 Å². The van der Waals surface area contributed by atoms with Gasteiger partial charge in [-0.1, -0.05) is 32.0 Å². The summed E-state index contributed by atoms with van der Waals surface area (Å²) in [6.07, 6.45) is 0.747. The van der Waals surface area contributed by atoms with Gasteiger partial charge in [0.05, 0.1) is 29.7 Å². The summed E-state index contributed by atoms with van der Waals surface area (Å²) in [6.45, 7) is 8.01. The number of carbonyl (C=O) groups excluding carboxylic acids is 1. The van der Waals surface area contributed by atoms with E-state index in [1.807, 2.05) is 30.3 Å². The van der Waals surface area contributed by atoms with Gasteiger partial charge < -0.3 is 10.1 Å². The Hall–Kier alpha value is -2.54. The highest BCUT2D eigenvalue weighted by atomic mass is 32.2. The van der Waals surface area contributed by atoms with Crippen LogP contribution in [0.1, 0.15) is 61.6 Å². The number of esters is 1. The molecule has 0 aliphatic carbocycles. The second-order valence-electron chi connectivity index (χ2n) is 7.86. The zero-order valence-electron chi connectivity index (χ0n) is 17.3. The van der Waals surface area contributed by atoms with Crippen molar-refractivity contribution < 1.29 is 17.9 Å². The summed E-state index contributed by atoms with van der Waals surface area (Å²) >= 11 is 0. The molecule has 7 heteroatoms. The zero-order chi connectivity index (χ0) is 21.2. The number of hydrogen-bond acceptors (Lipinski definition) is 5. The minimum Gasteiger partial charge on any atom is -0.462 e. The highest BCUT2D eigenvalue weighted by molar-refractivity contribution is 7.92. The van der Waals surface area contributed by atoms with E-state index in [2.05, 4.69) is 23.9 Å². The SMILES string of the molecule is CCOC(=O)c1ccc2c(c1)C(C)(C)CC(c1ccccc1NS(=O)(=O)CC)N2. The van der Waals surface area contributed by atoms with Gasteiger partial charge in [0.1, 0.15) is 0 Å². The van der Waals surface area contributed by atoms with Gasteiger partial charge in [0.25, 0.3) is 0 Å². The standard InChI is InChI=1S/C22H28N2O4S/c1-5-28-21(25)15-11-12-19-17(13-15)22(3,4)14-20(23-19)16-9-7-8-10-18(16)24-29(26,27)6-2/h7-13,20,23-24H,5-6,14H2,1-4H3. The molecule has 2 aromatic carbocycles. The minimum absolute atomic E-state index is 0.0182. The van der Waals surface area contributed by atoms with Crippen LogP contribution in [0, 0.1) is 0 Å². The van der Waals surface area contributed by atoms with Crippen molar-refractivity contribution in [2.45, 2.75) is 45.6 Å². The number of fused-ring (bicyclic) bond motifs is 1. The summed E-state index contributed by atoms with van der Waals surface area (Å²) in [5, 5.41) is 3.52. The van der Waals surface area contributed by atoms with Gasteiger partial charge in [-0.3, -0.25) is 4.72 Å². The van der Waals surface area contributed by atoms with Gasteiger partial charge in [0.2, 0.25) is 10.0 Å². The topological polar surface area (TPSA) is 84.5 Å². The van der Waals surface area contributed by atoms with Crippen LogP contribution in [0.2, 0.25) is 0 Å². The van der Waals surface area contributed by atoms with E-state index in [1.165, 1.54) is 0 Å². The predicted octanol–water partition coefficient (Wildman–Crippen LogP) is 4.46. The first-order valence-electron chi connectivity index (χ1n) is 9.84. The van der Waals surface area contributed by atoms with E-state index in [4.69, 9.17) is 4.74 Å². The summed E-state index contributed by atoms with van der Waals surface area (Å²) in [5.41, 5.74) is 3.80. The van der Waals surface area contributed by atoms with Crippen molar-refractivity contribution in [3.63, 3.8) is 0 Å². The van der Waals surface area contributed by atoms with Gasteiger partial charge in [-0.25, -0.2) is 13.2 Å². The van der Waals surface area contributed by atoms with Crippen LogP contribution in [0.5, 0.6) is 0 Å². The maximum Gasteiger partial charge on any atom is 0.338 e. The molecule has 0 aromatic heterocycles. The van der Waals surface area contributed by atoms with Crippen LogP contribution in [-0.2, 0) is 20.2 Å². The lowest BCUT2D eigenvalue weighted by molar-refractivity contribution is 0.0526. The fraction of sp³-hybridized carbons (Fsp3) is 0.409. The monoisotopic (exact) mass is 416 g/mol. The van der Waals surface area contributed by atoms with Crippen molar-refractivity contribution in [2.75, 3.05) is 22.4 Å². The van der Waals surface area contributed by atoms with E-state index >= 15 is 0 Å². The lowest BCUT2D eigenvalue weighted by Gasteiger charge is -2.39. The van der Waals surface area contributed by atoms with Crippen molar-refractivity contribution in [3.05, 3.63) is 59.2 Å². The van der Waals surface area contributed by atoms with Crippen LogP contribution in [-0.4, -0.2) is 26.7 Å². The first-order chi connectivity index (χ1) is 13.7. The summed E-state index contributed by atoms with van der Waals surface area (Å²) < 4.78 is 32.0. The number of ether oxygens (including phenoxy) is 1. The van der Waals surface area contributed by atoms with Crippen molar-refractivity contribution in [1.29, 1.82) is 0 Å². The molecule has 1 unspecified atom stereocenters.